The van der Waals surface area contributed by atoms with E-state index >= 15 is 0 Å². The first-order chi connectivity index (χ1) is 9.83. The second kappa shape index (κ2) is 6.25. The van der Waals surface area contributed by atoms with Gasteiger partial charge in [-0.25, -0.2) is 4.68 Å². The molecule has 0 aliphatic heterocycles. The molecule has 1 aromatic rings. The maximum absolute atomic E-state index is 12.1. The van der Waals surface area contributed by atoms with Crippen LogP contribution in [-0.4, -0.2) is 15.7 Å². The molecule has 1 atom stereocenters. The average Bonchev–Trinajstić information content (AvgIpc) is 3.11. The van der Waals surface area contributed by atoms with Crippen molar-refractivity contribution in [2.24, 2.45) is 5.92 Å². The molecule has 1 N–H and O–H groups in total. The van der Waals surface area contributed by atoms with E-state index in [1.54, 1.807) is 6.20 Å². The van der Waals surface area contributed by atoms with Crippen molar-refractivity contribution >= 4 is 11.7 Å². The van der Waals surface area contributed by atoms with Crippen LogP contribution in [0.25, 0.3) is 0 Å². The first kappa shape index (κ1) is 13.4. The van der Waals surface area contributed by atoms with Crippen molar-refractivity contribution in [3.8, 4) is 0 Å². The molecule has 2 aliphatic rings. The molecule has 1 saturated carbocycles. The largest absolute Gasteiger partial charge is 0.311 e. The molecule has 3 rings (SSSR count). The molecule has 0 radical (unpaired) electrons. The van der Waals surface area contributed by atoms with E-state index in [1.807, 2.05) is 10.7 Å². The molecule has 4 nitrogen and oxygen atoms in total. The Bertz CT molecular complexity index is 486. The van der Waals surface area contributed by atoms with Gasteiger partial charge in [0.1, 0.15) is 5.82 Å². The number of aromatic nitrogens is 2. The molecular weight excluding hydrogens is 250 g/mol. The van der Waals surface area contributed by atoms with Crippen molar-refractivity contribution in [2.75, 3.05) is 5.32 Å². The van der Waals surface area contributed by atoms with E-state index in [0.717, 1.165) is 18.7 Å². The van der Waals surface area contributed by atoms with Crippen LogP contribution in [0.1, 0.15) is 57.4 Å². The average molecular weight is 273 g/mol. The minimum Gasteiger partial charge on any atom is -0.311 e. The highest BCUT2D eigenvalue weighted by atomic mass is 16.1. The Morgan fingerprint density at radius 2 is 2.15 bits per heavy atom. The Morgan fingerprint density at radius 3 is 2.90 bits per heavy atom. The molecule has 1 fully saturated rings. The SMILES string of the molecule is O=C(C[C@H]1C=CCC1)Nc1ccnn1C1CCCCC1. The highest BCUT2D eigenvalue weighted by Gasteiger charge is 2.20. The monoisotopic (exact) mass is 273 g/mol. The maximum atomic E-state index is 12.1. The third kappa shape index (κ3) is 3.11. The lowest BCUT2D eigenvalue weighted by Gasteiger charge is -2.24. The summed E-state index contributed by atoms with van der Waals surface area (Å²) in [5.41, 5.74) is 0. The van der Waals surface area contributed by atoms with Crippen molar-refractivity contribution in [1.82, 2.24) is 9.78 Å². The Kier molecular flexibility index (Phi) is 4.19. The van der Waals surface area contributed by atoms with Crippen molar-refractivity contribution in [3.05, 3.63) is 24.4 Å². The smallest absolute Gasteiger partial charge is 0.226 e. The Morgan fingerprint density at radius 1 is 1.30 bits per heavy atom. The van der Waals surface area contributed by atoms with E-state index in [-0.39, 0.29) is 5.91 Å². The standard InChI is InChI=1S/C16H23N3O/c20-16(12-13-6-4-5-7-13)18-15-10-11-17-19(15)14-8-2-1-3-9-14/h4,6,10-11,13-14H,1-3,5,7-9,12H2,(H,18,20)/t13-/m0/s1. The number of nitrogens with one attached hydrogen (secondary N) is 1. The lowest BCUT2D eigenvalue weighted by molar-refractivity contribution is -0.116. The molecular formula is C16H23N3O. The third-order valence-electron chi connectivity index (χ3n) is 4.42. The van der Waals surface area contributed by atoms with Gasteiger partial charge < -0.3 is 5.32 Å². The third-order valence-corrected chi connectivity index (χ3v) is 4.42. The summed E-state index contributed by atoms with van der Waals surface area (Å²) < 4.78 is 2.02. The number of carbonyl (C=O) groups excluding carboxylic acids is 1. The van der Waals surface area contributed by atoms with Crippen molar-refractivity contribution < 1.29 is 4.79 Å². The zero-order valence-corrected chi connectivity index (χ0v) is 11.9. The molecule has 0 saturated heterocycles. The van der Waals surface area contributed by atoms with Gasteiger partial charge in [0.15, 0.2) is 0 Å². The van der Waals surface area contributed by atoms with Gasteiger partial charge in [0, 0.05) is 12.5 Å². The van der Waals surface area contributed by atoms with Crippen LogP contribution in [0.5, 0.6) is 0 Å². The summed E-state index contributed by atoms with van der Waals surface area (Å²) in [6.07, 6.45) is 15.1. The van der Waals surface area contributed by atoms with Crippen LogP contribution in [0.2, 0.25) is 0 Å². The second-order valence-corrected chi connectivity index (χ2v) is 5.97. The number of nitrogens with zero attached hydrogens (tertiary/aromatic N) is 2. The fourth-order valence-electron chi connectivity index (χ4n) is 3.33. The highest BCUT2D eigenvalue weighted by molar-refractivity contribution is 5.90. The van der Waals surface area contributed by atoms with Gasteiger partial charge >= 0.3 is 0 Å². The summed E-state index contributed by atoms with van der Waals surface area (Å²) in [7, 11) is 0. The molecule has 0 aromatic carbocycles. The van der Waals surface area contributed by atoms with E-state index in [1.165, 1.54) is 32.1 Å². The summed E-state index contributed by atoms with van der Waals surface area (Å²) in [5, 5.41) is 7.46. The van der Waals surface area contributed by atoms with Crippen LogP contribution in [0.3, 0.4) is 0 Å². The van der Waals surface area contributed by atoms with Gasteiger partial charge in [-0.2, -0.15) is 5.10 Å². The molecule has 0 bridgehead atoms. The van der Waals surface area contributed by atoms with Gasteiger partial charge in [-0.15, -0.1) is 0 Å². The predicted molar refractivity (Wildman–Crippen MR) is 79.5 cm³/mol. The van der Waals surface area contributed by atoms with Gasteiger partial charge in [0.2, 0.25) is 5.91 Å². The van der Waals surface area contributed by atoms with E-state index in [4.69, 9.17) is 0 Å². The number of rotatable bonds is 4. The van der Waals surface area contributed by atoms with E-state index in [9.17, 15) is 4.79 Å². The fourth-order valence-corrected chi connectivity index (χ4v) is 3.33. The molecule has 108 valence electrons. The molecule has 0 spiro atoms. The van der Waals surface area contributed by atoms with Crippen LogP contribution < -0.4 is 5.32 Å². The van der Waals surface area contributed by atoms with Crippen molar-refractivity contribution in [3.63, 3.8) is 0 Å². The lowest BCUT2D eigenvalue weighted by atomic mass is 9.96. The summed E-state index contributed by atoms with van der Waals surface area (Å²) in [5.74, 6) is 1.39. The summed E-state index contributed by atoms with van der Waals surface area (Å²) in [6.45, 7) is 0. The van der Waals surface area contributed by atoms with Crippen LogP contribution in [0, 0.1) is 5.92 Å². The topological polar surface area (TPSA) is 46.9 Å². The van der Waals surface area contributed by atoms with Crippen LogP contribution in [0.15, 0.2) is 24.4 Å². The molecule has 1 heterocycles. The predicted octanol–water partition coefficient (Wildman–Crippen LogP) is 3.68. The van der Waals surface area contributed by atoms with Crippen LogP contribution in [0.4, 0.5) is 5.82 Å². The normalized spacial score (nSPS) is 23.1. The maximum Gasteiger partial charge on any atom is 0.226 e. The minimum absolute atomic E-state index is 0.110. The Labute approximate surface area is 120 Å². The Hall–Kier alpha value is -1.58. The fraction of sp³-hybridized carbons (Fsp3) is 0.625. The summed E-state index contributed by atoms with van der Waals surface area (Å²) in [4.78, 5) is 12.1. The zero-order valence-electron chi connectivity index (χ0n) is 11.9. The number of allylic oxidation sites excluding steroid dienone is 2. The van der Waals surface area contributed by atoms with Gasteiger partial charge in [-0.1, -0.05) is 31.4 Å². The van der Waals surface area contributed by atoms with E-state index in [0.29, 0.717) is 18.4 Å². The van der Waals surface area contributed by atoms with Crippen LogP contribution >= 0.6 is 0 Å². The molecule has 1 amide bonds. The lowest BCUT2D eigenvalue weighted by Crippen LogP contribution is -2.21. The van der Waals surface area contributed by atoms with Gasteiger partial charge in [-0.05, 0) is 31.6 Å². The van der Waals surface area contributed by atoms with Gasteiger partial charge in [0.05, 0.1) is 12.2 Å². The first-order valence-corrected chi connectivity index (χ1v) is 7.83. The zero-order chi connectivity index (χ0) is 13.8. The number of anilines is 1. The summed E-state index contributed by atoms with van der Waals surface area (Å²) >= 11 is 0. The molecule has 4 heteroatoms. The molecule has 2 aliphatic carbocycles. The number of amides is 1. The van der Waals surface area contributed by atoms with E-state index < -0.39 is 0 Å². The van der Waals surface area contributed by atoms with Crippen molar-refractivity contribution in [1.29, 1.82) is 0 Å². The Balaban J connectivity index is 1.60. The molecule has 0 unspecified atom stereocenters. The number of hydrogen-bond acceptors (Lipinski definition) is 2. The molecule has 1 aromatic heterocycles. The number of carbonyl (C=O) groups is 1. The van der Waals surface area contributed by atoms with Crippen LogP contribution in [-0.2, 0) is 4.79 Å². The second-order valence-electron chi connectivity index (χ2n) is 5.97. The summed E-state index contributed by atoms with van der Waals surface area (Å²) in [6, 6.07) is 2.37. The first-order valence-electron chi connectivity index (χ1n) is 7.83. The highest BCUT2D eigenvalue weighted by Crippen LogP contribution is 2.30. The van der Waals surface area contributed by atoms with Gasteiger partial charge in [0.25, 0.3) is 0 Å². The van der Waals surface area contributed by atoms with Crippen molar-refractivity contribution in [2.45, 2.75) is 57.4 Å². The minimum atomic E-state index is 0.110. The van der Waals surface area contributed by atoms with Gasteiger partial charge in [-0.3, -0.25) is 4.79 Å². The quantitative estimate of drug-likeness (QED) is 0.851. The molecule has 20 heavy (non-hydrogen) atoms. The van der Waals surface area contributed by atoms with E-state index in [2.05, 4.69) is 22.6 Å². The number of hydrogen-bond donors (Lipinski definition) is 1.